The summed E-state index contributed by atoms with van der Waals surface area (Å²) >= 11 is 5.80. The maximum Gasteiger partial charge on any atom is 0.277 e. The number of amides is 1. The fourth-order valence-electron chi connectivity index (χ4n) is 6.82. The van der Waals surface area contributed by atoms with Gasteiger partial charge >= 0.3 is 0 Å². The molecule has 0 spiro atoms. The Hall–Kier alpha value is -4.70. The van der Waals surface area contributed by atoms with Gasteiger partial charge in [0.25, 0.3) is 14.2 Å². The highest BCUT2D eigenvalue weighted by atomic mass is 32.1. The quantitative estimate of drug-likeness (QED) is 0.0943. The van der Waals surface area contributed by atoms with Crippen LogP contribution in [-0.2, 0) is 9.22 Å². The molecule has 1 aliphatic rings. The minimum absolute atomic E-state index is 0.207. The van der Waals surface area contributed by atoms with E-state index in [9.17, 15) is 9.18 Å². The molecule has 1 atom stereocenters. The monoisotopic (exact) mass is 688 g/mol. The second-order valence-electron chi connectivity index (χ2n) is 13.5. The lowest BCUT2D eigenvalue weighted by Gasteiger charge is -2.43. The van der Waals surface area contributed by atoms with Crippen LogP contribution in [0, 0.1) is 19.7 Å². The lowest BCUT2D eigenvalue weighted by molar-refractivity contribution is -0.124. The highest BCUT2D eigenvalue weighted by molar-refractivity contribution is 7.80. The highest BCUT2D eigenvalue weighted by Crippen LogP contribution is 2.38. The molecule has 0 unspecified atom stereocenters. The molecular weight excluding hydrogens is 648 g/mol. The van der Waals surface area contributed by atoms with Crippen LogP contribution in [0.1, 0.15) is 55.6 Å². The van der Waals surface area contributed by atoms with E-state index in [1.807, 2.05) is 61.0 Å². The van der Waals surface area contributed by atoms with Gasteiger partial charge in [-0.3, -0.25) is 9.69 Å². The summed E-state index contributed by atoms with van der Waals surface area (Å²) in [7, 11) is -2.83. The van der Waals surface area contributed by atoms with E-state index in [0.717, 1.165) is 28.1 Å². The van der Waals surface area contributed by atoms with Crippen molar-refractivity contribution in [2.45, 2.75) is 52.1 Å². The van der Waals surface area contributed by atoms with Crippen molar-refractivity contribution < 1.29 is 13.6 Å². The van der Waals surface area contributed by atoms with Gasteiger partial charge in [0.1, 0.15) is 11.5 Å². The SMILES string of the molecule is Cc1cn(-c2ccc(/C=C3\NC(=S)N([C@H](CCO[Si](c4ccccc4)(c4ccccc4)C(C)(C)C)c4ccc(F)cc4)C3=O)cc2C)cn1. The first-order chi connectivity index (χ1) is 23.5. The Labute approximate surface area is 294 Å². The highest BCUT2D eigenvalue weighted by Gasteiger charge is 2.50. The molecule has 0 radical (unpaired) electrons. The van der Waals surface area contributed by atoms with Crippen LogP contribution in [0.15, 0.2) is 121 Å². The molecule has 1 N–H and O–H groups in total. The molecular formula is C40H41FN4O2SSi. The van der Waals surface area contributed by atoms with Crippen LogP contribution in [0.3, 0.4) is 0 Å². The Morgan fingerprint density at radius 2 is 1.57 bits per heavy atom. The summed E-state index contributed by atoms with van der Waals surface area (Å²) in [6, 6.07) is 32.8. The van der Waals surface area contributed by atoms with E-state index in [4.69, 9.17) is 16.6 Å². The molecule has 5 aromatic rings. The van der Waals surface area contributed by atoms with Crippen LogP contribution in [0.4, 0.5) is 4.39 Å². The number of benzene rings is 4. The van der Waals surface area contributed by atoms with Crippen molar-refractivity contribution in [3.05, 3.63) is 150 Å². The van der Waals surface area contributed by atoms with Crippen molar-refractivity contribution >= 4 is 48.0 Å². The van der Waals surface area contributed by atoms with E-state index in [0.29, 0.717) is 23.8 Å². The number of halogens is 1. The van der Waals surface area contributed by atoms with E-state index in [2.05, 4.69) is 79.6 Å². The minimum atomic E-state index is -2.83. The molecule has 49 heavy (non-hydrogen) atoms. The van der Waals surface area contributed by atoms with Gasteiger partial charge in [-0.25, -0.2) is 9.37 Å². The second kappa shape index (κ2) is 14.0. The molecule has 1 aromatic heterocycles. The summed E-state index contributed by atoms with van der Waals surface area (Å²) in [5.41, 5.74) is 5.03. The van der Waals surface area contributed by atoms with E-state index in [1.165, 1.54) is 22.5 Å². The number of carbonyl (C=O) groups is 1. The van der Waals surface area contributed by atoms with Gasteiger partial charge in [-0.2, -0.15) is 0 Å². The fourth-order valence-corrected chi connectivity index (χ4v) is 11.7. The Kier molecular flexibility index (Phi) is 9.79. The minimum Gasteiger partial charge on any atom is -0.407 e. The number of imidazole rings is 1. The summed E-state index contributed by atoms with van der Waals surface area (Å²) in [5, 5.41) is 5.61. The van der Waals surface area contributed by atoms with Gasteiger partial charge in [0.15, 0.2) is 5.11 Å². The van der Waals surface area contributed by atoms with E-state index < -0.39 is 14.4 Å². The predicted octanol–water partition coefficient (Wildman–Crippen LogP) is 7.39. The average molecular weight is 689 g/mol. The molecule has 0 aliphatic carbocycles. The molecule has 4 aromatic carbocycles. The lowest BCUT2D eigenvalue weighted by atomic mass is 10.0. The lowest BCUT2D eigenvalue weighted by Crippen LogP contribution is -2.66. The number of carbonyl (C=O) groups excluding carboxylic acids is 1. The third kappa shape index (κ3) is 6.92. The van der Waals surface area contributed by atoms with Crippen molar-refractivity contribution in [3.8, 4) is 5.69 Å². The van der Waals surface area contributed by atoms with Crippen LogP contribution in [-0.4, -0.2) is 40.4 Å². The first-order valence-electron chi connectivity index (χ1n) is 16.5. The van der Waals surface area contributed by atoms with Crippen LogP contribution >= 0.6 is 12.2 Å². The number of thiocarbonyl (C=S) groups is 1. The topological polar surface area (TPSA) is 59.4 Å². The molecule has 0 bridgehead atoms. The Bertz CT molecular complexity index is 1950. The van der Waals surface area contributed by atoms with Gasteiger partial charge in [-0.15, -0.1) is 0 Å². The van der Waals surface area contributed by atoms with Crippen LogP contribution < -0.4 is 15.7 Å². The molecule has 6 nitrogen and oxygen atoms in total. The molecule has 2 heterocycles. The molecule has 1 aliphatic heterocycles. The molecule has 250 valence electrons. The number of hydrogen-bond donors (Lipinski definition) is 1. The number of nitrogens with one attached hydrogen (secondary N) is 1. The number of nitrogens with zero attached hydrogens (tertiary/aromatic N) is 3. The smallest absolute Gasteiger partial charge is 0.277 e. The maximum absolute atomic E-state index is 14.1. The van der Waals surface area contributed by atoms with E-state index in [-0.39, 0.29) is 16.8 Å². The van der Waals surface area contributed by atoms with Gasteiger partial charge in [0.05, 0.1) is 18.1 Å². The number of hydrogen-bond acceptors (Lipinski definition) is 4. The molecule has 0 saturated carbocycles. The van der Waals surface area contributed by atoms with Gasteiger partial charge in [-0.05, 0) is 94.9 Å². The number of aryl methyl sites for hydroxylation is 2. The van der Waals surface area contributed by atoms with Crippen LogP contribution in [0.25, 0.3) is 11.8 Å². The zero-order chi connectivity index (χ0) is 34.8. The maximum atomic E-state index is 14.1. The Morgan fingerprint density at radius 3 is 2.12 bits per heavy atom. The van der Waals surface area contributed by atoms with Gasteiger partial charge < -0.3 is 14.3 Å². The van der Waals surface area contributed by atoms with Gasteiger partial charge in [0, 0.05) is 18.5 Å². The summed E-state index contributed by atoms with van der Waals surface area (Å²) in [5.74, 6) is -0.582. The van der Waals surface area contributed by atoms with E-state index >= 15 is 0 Å². The average Bonchev–Trinajstić information content (AvgIpc) is 3.63. The molecule has 9 heteroatoms. The Morgan fingerprint density at radius 1 is 0.939 bits per heavy atom. The van der Waals surface area contributed by atoms with Gasteiger partial charge in [0.2, 0.25) is 0 Å². The first kappa shape index (κ1) is 34.2. The molecule has 1 amide bonds. The molecule has 6 rings (SSSR count). The summed E-state index contributed by atoms with van der Waals surface area (Å²) in [6.45, 7) is 11.1. The molecule has 1 saturated heterocycles. The Balaban J connectivity index is 1.31. The number of rotatable bonds is 10. The summed E-state index contributed by atoms with van der Waals surface area (Å²) < 4.78 is 23.3. The third-order valence-corrected chi connectivity index (χ3v) is 14.5. The first-order valence-corrected chi connectivity index (χ1v) is 18.8. The zero-order valence-electron chi connectivity index (χ0n) is 28.5. The zero-order valence-corrected chi connectivity index (χ0v) is 30.3. The fraction of sp³-hybridized carbons (Fsp3) is 0.225. The number of aromatic nitrogens is 2. The van der Waals surface area contributed by atoms with Gasteiger partial charge in [-0.1, -0.05) is 99.6 Å². The van der Waals surface area contributed by atoms with Crippen molar-refractivity contribution in [2.24, 2.45) is 0 Å². The van der Waals surface area contributed by atoms with Crippen LogP contribution in [0.5, 0.6) is 0 Å². The van der Waals surface area contributed by atoms with Crippen LogP contribution in [0.2, 0.25) is 5.04 Å². The largest absolute Gasteiger partial charge is 0.407 e. The van der Waals surface area contributed by atoms with Crippen molar-refractivity contribution in [2.75, 3.05) is 6.61 Å². The van der Waals surface area contributed by atoms with Crippen molar-refractivity contribution in [1.29, 1.82) is 0 Å². The molecule has 1 fully saturated rings. The standard InChI is InChI=1S/C40H41FN4O2SSi/c1-28-24-30(16-21-36(28)44-26-29(2)42-27-44)25-35-38(46)45(39(48)43-35)37(31-17-19-32(41)20-18-31)22-23-47-49(40(3,4)5,33-12-8-6-9-13-33)34-14-10-7-11-15-34/h6-21,24-27,37H,22-23H2,1-5H3,(H,43,48)/b35-25-/t37-/m1/s1. The second-order valence-corrected chi connectivity index (χ2v) is 18.2. The normalized spacial score (nSPS) is 15.1. The third-order valence-electron chi connectivity index (χ3n) is 9.12. The summed E-state index contributed by atoms with van der Waals surface area (Å²) in [6.07, 6.45) is 6.05. The van der Waals surface area contributed by atoms with Crippen molar-refractivity contribution in [1.82, 2.24) is 19.8 Å². The van der Waals surface area contributed by atoms with Crippen molar-refractivity contribution in [3.63, 3.8) is 0 Å². The summed E-state index contributed by atoms with van der Waals surface area (Å²) in [4.78, 5) is 20.1. The van der Waals surface area contributed by atoms with E-state index in [1.54, 1.807) is 23.4 Å². The predicted molar refractivity (Wildman–Crippen MR) is 201 cm³/mol.